The van der Waals surface area contributed by atoms with Gasteiger partial charge in [0.2, 0.25) is 0 Å². The highest BCUT2D eigenvalue weighted by Gasteiger charge is 2.12. The molecule has 0 aliphatic heterocycles. The van der Waals surface area contributed by atoms with Crippen LogP contribution >= 0.6 is 23.2 Å². The van der Waals surface area contributed by atoms with Gasteiger partial charge in [0.25, 0.3) is 0 Å². The van der Waals surface area contributed by atoms with Crippen LogP contribution < -0.4 is 0 Å². The molecule has 0 spiro atoms. The SMILES string of the molecule is Cc1cc(/C=C(/C#N)c2ccc(Cl)cc2)c(C)n1-c1ccc(F)c(Cl)c1. The average Bonchev–Trinajstić information content (AvgIpc) is 2.90. The van der Waals surface area contributed by atoms with Gasteiger partial charge < -0.3 is 4.57 Å². The molecule has 3 rings (SSSR count). The molecule has 2 nitrogen and oxygen atoms in total. The monoisotopic (exact) mass is 384 g/mol. The lowest BCUT2D eigenvalue weighted by molar-refractivity contribution is 0.627. The van der Waals surface area contributed by atoms with Gasteiger partial charge in [-0.25, -0.2) is 4.39 Å². The third-order valence-electron chi connectivity index (χ3n) is 4.21. The van der Waals surface area contributed by atoms with Crippen molar-refractivity contribution in [2.45, 2.75) is 13.8 Å². The van der Waals surface area contributed by atoms with Crippen LogP contribution in [0.3, 0.4) is 0 Å². The number of nitriles is 1. The van der Waals surface area contributed by atoms with E-state index in [1.165, 1.54) is 6.07 Å². The second-order valence-corrected chi connectivity index (χ2v) is 6.78. The first kappa shape index (κ1) is 18.3. The van der Waals surface area contributed by atoms with Gasteiger partial charge >= 0.3 is 0 Å². The molecule has 5 heteroatoms. The van der Waals surface area contributed by atoms with Crippen LogP contribution in [0.25, 0.3) is 17.3 Å². The van der Waals surface area contributed by atoms with Gasteiger partial charge in [0.15, 0.2) is 0 Å². The largest absolute Gasteiger partial charge is 0.318 e. The van der Waals surface area contributed by atoms with Crippen molar-refractivity contribution in [1.82, 2.24) is 4.57 Å². The van der Waals surface area contributed by atoms with E-state index in [-0.39, 0.29) is 5.02 Å². The summed E-state index contributed by atoms with van der Waals surface area (Å²) in [5, 5.41) is 10.2. The van der Waals surface area contributed by atoms with Crippen molar-refractivity contribution in [3.63, 3.8) is 0 Å². The van der Waals surface area contributed by atoms with Crippen LogP contribution in [-0.2, 0) is 0 Å². The molecule has 0 unspecified atom stereocenters. The van der Waals surface area contributed by atoms with Crippen molar-refractivity contribution in [1.29, 1.82) is 5.26 Å². The molecular formula is C21H15Cl2FN2. The first-order valence-corrected chi connectivity index (χ1v) is 8.68. The van der Waals surface area contributed by atoms with Crippen LogP contribution in [0.4, 0.5) is 4.39 Å². The summed E-state index contributed by atoms with van der Waals surface area (Å²) >= 11 is 11.8. The molecule has 1 heterocycles. The van der Waals surface area contributed by atoms with Crippen LogP contribution in [0.1, 0.15) is 22.5 Å². The normalized spacial score (nSPS) is 11.5. The number of allylic oxidation sites excluding steroid dienone is 1. The van der Waals surface area contributed by atoms with E-state index in [0.717, 1.165) is 28.2 Å². The lowest BCUT2D eigenvalue weighted by Crippen LogP contribution is -1.99. The third-order valence-corrected chi connectivity index (χ3v) is 4.75. The summed E-state index contributed by atoms with van der Waals surface area (Å²) in [6, 6.07) is 16.0. The van der Waals surface area contributed by atoms with E-state index in [0.29, 0.717) is 10.6 Å². The van der Waals surface area contributed by atoms with Crippen LogP contribution in [0.2, 0.25) is 10.0 Å². The Labute approximate surface area is 161 Å². The van der Waals surface area contributed by atoms with Crippen LogP contribution in [-0.4, -0.2) is 4.57 Å². The molecule has 0 N–H and O–H groups in total. The first-order valence-electron chi connectivity index (χ1n) is 7.93. The van der Waals surface area contributed by atoms with Gasteiger partial charge in [-0.2, -0.15) is 5.26 Å². The number of aromatic nitrogens is 1. The van der Waals surface area contributed by atoms with Crippen molar-refractivity contribution >= 4 is 34.9 Å². The van der Waals surface area contributed by atoms with E-state index >= 15 is 0 Å². The summed E-state index contributed by atoms with van der Waals surface area (Å²) in [7, 11) is 0. The molecule has 130 valence electrons. The lowest BCUT2D eigenvalue weighted by Gasteiger charge is -2.10. The number of halogens is 3. The number of aryl methyl sites for hydroxylation is 1. The molecule has 1 aromatic heterocycles. The summed E-state index contributed by atoms with van der Waals surface area (Å²) in [6.45, 7) is 3.91. The number of hydrogen-bond donors (Lipinski definition) is 0. The van der Waals surface area contributed by atoms with Gasteiger partial charge in [-0.15, -0.1) is 0 Å². The predicted octanol–water partition coefficient (Wildman–Crippen LogP) is 6.60. The molecule has 0 atom stereocenters. The smallest absolute Gasteiger partial charge is 0.141 e. The van der Waals surface area contributed by atoms with E-state index in [2.05, 4.69) is 6.07 Å². The minimum atomic E-state index is -0.451. The Kier molecular flexibility index (Phi) is 5.18. The number of rotatable bonds is 3. The number of hydrogen-bond acceptors (Lipinski definition) is 1. The van der Waals surface area contributed by atoms with E-state index < -0.39 is 5.82 Å². The number of nitrogens with zero attached hydrogens (tertiary/aromatic N) is 2. The van der Waals surface area contributed by atoms with Crippen LogP contribution in [0.15, 0.2) is 48.5 Å². The highest BCUT2D eigenvalue weighted by Crippen LogP contribution is 2.27. The van der Waals surface area contributed by atoms with Crippen LogP contribution in [0.5, 0.6) is 0 Å². The molecule has 3 aromatic rings. The standard InChI is InChI=1S/C21H15Cl2FN2/c1-13-9-16(10-17(12-25)15-3-5-18(22)6-4-15)14(2)26(13)19-7-8-21(24)20(23)11-19/h3-11H,1-2H3/b17-10-. The molecule has 0 saturated heterocycles. The highest BCUT2D eigenvalue weighted by molar-refractivity contribution is 6.31. The van der Waals surface area contributed by atoms with Crippen molar-refractivity contribution in [2.75, 3.05) is 0 Å². The maximum absolute atomic E-state index is 13.5. The van der Waals surface area contributed by atoms with Gasteiger partial charge in [-0.1, -0.05) is 35.3 Å². The fraction of sp³-hybridized carbons (Fsp3) is 0.0952. The molecule has 0 radical (unpaired) electrons. The van der Waals surface area contributed by atoms with E-state index in [9.17, 15) is 9.65 Å². The van der Waals surface area contributed by atoms with E-state index in [1.807, 2.05) is 42.7 Å². The Balaban J connectivity index is 2.08. The first-order chi connectivity index (χ1) is 12.4. The van der Waals surface area contributed by atoms with Crippen molar-refractivity contribution in [3.05, 3.63) is 86.9 Å². The fourth-order valence-electron chi connectivity index (χ4n) is 2.92. The van der Waals surface area contributed by atoms with Gasteiger partial charge in [0.05, 0.1) is 16.7 Å². The maximum atomic E-state index is 13.5. The predicted molar refractivity (Wildman–Crippen MR) is 105 cm³/mol. The second-order valence-electron chi connectivity index (χ2n) is 5.94. The van der Waals surface area contributed by atoms with Gasteiger partial charge in [0.1, 0.15) is 5.82 Å². The summed E-state index contributed by atoms with van der Waals surface area (Å²) in [6.07, 6.45) is 1.84. The third kappa shape index (κ3) is 3.53. The zero-order chi connectivity index (χ0) is 18.8. The molecular weight excluding hydrogens is 370 g/mol. The van der Waals surface area contributed by atoms with Crippen molar-refractivity contribution in [3.8, 4) is 11.8 Å². The Hall–Kier alpha value is -2.54. The summed E-state index contributed by atoms with van der Waals surface area (Å²) in [4.78, 5) is 0. The molecule has 0 amide bonds. The van der Waals surface area contributed by atoms with Crippen LogP contribution in [0, 0.1) is 31.0 Å². The second kappa shape index (κ2) is 7.37. The molecule has 0 saturated carbocycles. The zero-order valence-electron chi connectivity index (χ0n) is 14.2. The zero-order valence-corrected chi connectivity index (χ0v) is 15.7. The maximum Gasteiger partial charge on any atom is 0.141 e. The van der Waals surface area contributed by atoms with Crippen molar-refractivity contribution < 1.29 is 4.39 Å². The molecule has 0 fully saturated rings. The molecule has 26 heavy (non-hydrogen) atoms. The number of benzene rings is 2. The Bertz CT molecular complexity index is 1040. The average molecular weight is 385 g/mol. The summed E-state index contributed by atoms with van der Waals surface area (Å²) in [5.41, 5.74) is 4.92. The Morgan fingerprint density at radius 1 is 1.08 bits per heavy atom. The molecule has 0 aliphatic carbocycles. The molecule has 2 aromatic carbocycles. The minimum Gasteiger partial charge on any atom is -0.318 e. The fourth-order valence-corrected chi connectivity index (χ4v) is 3.22. The lowest BCUT2D eigenvalue weighted by atomic mass is 10.0. The Morgan fingerprint density at radius 3 is 2.38 bits per heavy atom. The van der Waals surface area contributed by atoms with Gasteiger partial charge in [-0.3, -0.25) is 0 Å². The highest BCUT2D eigenvalue weighted by atomic mass is 35.5. The van der Waals surface area contributed by atoms with Gasteiger partial charge in [0, 0.05) is 22.1 Å². The van der Waals surface area contributed by atoms with E-state index in [4.69, 9.17) is 23.2 Å². The Morgan fingerprint density at radius 2 is 1.77 bits per heavy atom. The summed E-state index contributed by atoms with van der Waals surface area (Å²) < 4.78 is 15.4. The minimum absolute atomic E-state index is 0.0750. The van der Waals surface area contributed by atoms with Gasteiger partial charge in [-0.05, 0) is 67.4 Å². The quantitative estimate of drug-likeness (QED) is 0.467. The van der Waals surface area contributed by atoms with Crippen molar-refractivity contribution in [2.24, 2.45) is 0 Å². The molecule has 0 bridgehead atoms. The molecule has 0 aliphatic rings. The van der Waals surface area contributed by atoms with E-state index in [1.54, 1.807) is 24.3 Å². The topological polar surface area (TPSA) is 28.7 Å². The summed E-state index contributed by atoms with van der Waals surface area (Å²) in [5.74, 6) is -0.451.